The number of benzene rings is 2. The van der Waals surface area contributed by atoms with Crippen LogP contribution in [-0.2, 0) is 0 Å². The van der Waals surface area contributed by atoms with E-state index in [1.807, 2.05) is 48.9 Å². The first-order valence-electron chi connectivity index (χ1n) is 8.46. The summed E-state index contributed by atoms with van der Waals surface area (Å²) in [4.78, 5) is 12.7. The number of nitrogens with one attached hydrogen (secondary N) is 1. The highest BCUT2D eigenvalue weighted by Crippen LogP contribution is 2.31. The van der Waals surface area contributed by atoms with Gasteiger partial charge in [-0.05, 0) is 44.2 Å². The molecule has 132 valence electrons. The molecule has 1 N–H and O–H groups in total. The predicted molar refractivity (Wildman–Crippen MR) is 98.4 cm³/mol. The van der Waals surface area contributed by atoms with Gasteiger partial charge in [-0.1, -0.05) is 18.2 Å². The average Bonchev–Trinajstić information content (AvgIpc) is 2.96. The number of carbonyl (C=O) groups excluding carboxylic acids is 1. The smallest absolute Gasteiger partial charge is 0.255 e. The van der Waals surface area contributed by atoms with E-state index in [9.17, 15) is 4.79 Å². The van der Waals surface area contributed by atoms with Gasteiger partial charge in [-0.25, -0.2) is 4.68 Å². The van der Waals surface area contributed by atoms with Gasteiger partial charge in [0.2, 0.25) is 0 Å². The Morgan fingerprint density at radius 3 is 2.54 bits per heavy atom. The molecule has 0 bridgehead atoms. The number of hydrogen-bond acceptors (Lipinski definition) is 4. The first-order valence-corrected chi connectivity index (χ1v) is 8.46. The standard InChI is InChI=1S/C20H19N3O3/c1-13-19(14(2)23(22-13)16-6-4-3-5-7-16)21-20(24)15-8-9-17-18(12-15)26-11-10-25-17/h3-9,12H,10-11H2,1-2H3,(H,21,24). The molecular formula is C20H19N3O3. The van der Waals surface area contributed by atoms with E-state index in [1.165, 1.54) is 0 Å². The fraction of sp³-hybridized carbons (Fsp3) is 0.200. The van der Waals surface area contributed by atoms with Crippen molar-refractivity contribution in [2.45, 2.75) is 13.8 Å². The number of aryl methyl sites for hydroxylation is 1. The highest BCUT2D eigenvalue weighted by Gasteiger charge is 2.18. The van der Waals surface area contributed by atoms with Crippen molar-refractivity contribution in [1.82, 2.24) is 9.78 Å². The normalized spacial score (nSPS) is 12.7. The molecule has 1 aliphatic rings. The van der Waals surface area contributed by atoms with E-state index < -0.39 is 0 Å². The molecular weight excluding hydrogens is 330 g/mol. The number of para-hydroxylation sites is 1. The number of anilines is 1. The van der Waals surface area contributed by atoms with Crippen molar-refractivity contribution in [3.63, 3.8) is 0 Å². The summed E-state index contributed by atoms with van der Waals surface area (Å²) in [5.74, 6) is 1.05. The minimum atomic E-state index is -0.208. The molecule has 0 radical (unpaired) electrons. The Labute approximate surface area is 151 Å². The molecule has 4 rings (SSSR count). The fourth-order valence-electron chi connectivity index (χ4n) is 3.01. The zero-order chi connectivity index (χ0) is 18.1. The van der Waals surface area contributed by atoms with E-state index in [1.54, 1.807) is 18.2 Å². The molecule has 26 heavy (non-hydrogen) atoms. The number of ether oxygens (including phenoxy) is 2. The Hall–Kier alpha value is -3.28. The maximum atomic E-state index is 12.7. The average molecular weight is 349 g/mol. The molecule has 1 amide bonds. The third kappa shape index (κ3) is 2.90. The number of hydrogen-bond donors (Lipinski definition) is 1. The van der Waals surface area contributed by atoms with Crippen LogP contribution in [0.25, 0.3) is 5.69 Å². The molecule has 2 heterocycles. The van der Waals surface area contributed by atoms with Crippen LogP contribution in [0.3, 0.4) is 0 Å². The highest BCUT2D eigenvalue weighted by atomic mass is 16.6. The van der Waals surface area contributed by atoms with Gasteiger partial charge in [0.15, 0.2) is 11.5 Å². The SMILES string of the molecule is Cc1nn(-c2ccccc2)c(C)c1NC(=O)c1ccc2c(c1)OCCO2. The van der Waals surface area contributed by atoms with Gasteiger partial charge in [-0.2, -0.15) is 5.10 Å². The second-order valence-electron chi connectivity index (χ2n) is 6.11. The molecule has 0 aliphatic carbocycles. The second-order valence-corrected chi connectivity index (χ2v) is 6.11. The Morgan fingerprint density at radius 2 is 1.77 bits per heavy atom. The lowest BCUT2D eigenvalue weighted by Gasteiger charge is -2.18. The first-order chi connectivity index (χ1) is 12.6. The number of aromatic nitrogens is 2. The molecule has 1 aliphatic heterocycles. The van der Waals surface area contributed by atoms with Gasteiger partial charge in [0.25, 0.3) is 5.91 Å². The number of amides is 1. The summed E-state index contributed by atoms with van der Waals surface area (Å²) < 4.78 is 12.9. The first kappa shape index (κ1) is 16.2. The minimum Gasteiger partial charge on any atom is -0.486 e. The topological polar surface area (TPSA) is 65.4 Å². The summed E-state index contributed by atoms with van der Waals surface area (Å²) >= 11 is 0. The maximum Gasteiger partial charge on any atom is 0.255 e. The Bertz CT molecular complexity index is 964. The van der Waals surface area contributed by atoms with Crippen LogP contribution in [0.4, 0.5) is 5.69 Å². The summed E-state index contributed by atoms with van der Waals surface area (Å²) in [7, 11) is 0. The quantitative estimate of drug-likeness (QED) is 0.786. The van der Waals surface area contributed by atoms with Crippen LogP contribution in [-0.4, -0.2) is 28.9 Å². The number of carbonyl (C=O) groups is 1. The molecule has 6 nitrogen and oxygen atoms in total. The zero-order valence-corrected chi connectivity index (χ0v) is 14.7. The third-order valence-electron chi connectivity index (χ3n) is 4.33. The highest BCUT2D eigenvalue weighted by molar-refractivity contribution is 6.05. The van der Waals surface area contributed by atoms with Gasteiger partial charge in [0.1, 0.15) is 13.2 Å². The molecule has 0 unspecified atom stereocenters. The van der Waals surface area contributed by atoms with Crippen LogP contribution in [0.1, 0.15) is 21.7 Å². The molecule has 1 aromatic heterocycles. The molecule has 2 aromatic carbocycles. The number of fused-ring (bicyclic) bond motifs is 1. The molecule has 0 atom stereocenters. The van der Waals surface area contributed by atoms with E-state index in [0.717, 1.165) is 17.1 Å². The summed E-state index contributed by atoms with van der Waals surface area (Å²) in [5, 5.41) is 7.53. The third-order valence-corrected chi connectivity index (χ3v) is 4.33. The van der Waals surface area contributed by atoms with Crippen LogP contribution in [0.15, 0.2) is 48.5 Å². The maximum absolute atomic E-state index is 12.7. The van der Waals surface area contributed by atoms with E-state index >= 15 is 0 Å². The van der Waals surface area contributed by atoms with E-state index in [2.05, 4.69) is 10.4 Å². The monoisotopic (exact) mass is 349 g/mol. The minimum absolute atomic E-state index is 0.208. The lowest BCUT2D eigenvalue weighted by atomic mass is 10.1. The summed E-state index contributed by atoms with van der Waals surface area (Å²) in [6.07, 6.45) is 0. The van der Waals surface area contributed by atoms with Crippen LogP contribution in [0, 0.1) is 13.8 Å². The van der Waals surface area contributed by atoms with Crippen molar-refractivity contribution in [2.75, 3.05) is 18.5 Å². The van der Waals surface area contributed by atoms with Crippen molar-refractivity contribution in [2.24, 2.45) is 0 Å². The van der Waals surface area contributed by atoms with Crippen molar-refractivity contribution >= 4 is 11.6 Å². The van der Waals surface area contributed by atoms with Crippen molar-refractivity contribution in [1.29, 1.82) is 0 Å². The fourth-order valence-corrected chi connectivity index (χ4v) is 3.01. The van der Waals surface area contributed by atoms with Crippen LogP contribution in [0.5, 0.6) is 11.5 Å². The summed E-state index contributed by atoms with van der Waals surface area (Å²) in [5.41, 5.74) is 3.82. The Balaban J connectivity index is 1.61. The Kier molecular flexibility index (Phi) is 4.08. The van der Waals surface area contributed by atoms with Crippen LogP contribution >= 0.6 is 0 Å². The van der Waals surface area contributed by atoms with Gasteiger partial charge in [-0.15, -0.1) is 0 Å². The van der Waals surface area contributed by atoms with Crippen molar-refractivity contribution in [3.05, 3.63) is 65.5 Å². The van der Waals surface area contributed by atoms with E-state index in [-0.39, 0.29) is 5.91 Å². The molecule has 0 spiro atoms. The van der Waals surface area contributed by atoms with Crippen molar-refractivity contribution < 1.29 is 14.3 Å². The molecule has 0 saturated heterocycles. The van der Waals surface area contributed by atoms with E-state index in [0.29, 0.717) is 36.0 Å². The predicted octanol–water partition coefficient (Wildman–Crippen LogP) is 3.51. The van der Waals surface area contributed by atoms with Gasteiger partial charge < -0.3 is 14.8 Å². The van der Waals surface area contributed by atoms with Gasteiger partial charge in [-0.3, -0.25) is 4.79 Å². The Morgan fingerprint density at radius 1 is 1.04 bits per heavy atom. The van der Waals surface area contributed by atoms with Gasteiger partial charge in [0, 0.05) is 5.56 Å². The summed E-state index contributed by atoms with van der Waals surface area (Å²) in [6, 6.07) is 15.0. The lowest BCUT2D eigenvalue weighted by Crippen LogP contribution is -2.17. The van der Waals surface area contributed by atoms with Crippen LogP contribution in [0.2, 0.25) is 0 Å². The van der Waals surface area contributed by atoms with Crippen LogP contribution < -0.4 is 14.8 Å². The number of rotatable bonds is 3. The summed E-state index contributed by atoms with van der Waals surface area (Å²) in [6.45, 7) is 4.83. The van der Waals surface area contributed by atoms with Crippen molar-refractivity contribution in [3.8, 4) is 17.2 Å². The molecule has 0 fully saturated rings. The van der Waals surface area contributed by atoms with E-state index in [4.69, 9.17) is 9.47 Å². The second kappa shape index (κ2) is 6.55. The zero-order valence-electron chi connectivity index (χ0n) is 14.7. The molecule has 0 saturated carbocycles. The molecule has 3 aromatic rings. The largest absolute Gasteiger partial charge is 0.486 e. The number of nitrogens with zero attached hydrogens (tertiary/aromatic N) is 2. The van der Waals surface area contributed by atoms with Gasteiger partial charge in [0.05, 0.1) is 22.8 Å². The van der Waals surface area contributed by atoms with Gasteiger partial charge >= 0.3 is 0 Å². The molecule has 6 heteroatoms. The lowest BCUT2D eigenvalue weighted by molar-refractivity contribution is 0.102.